The van der Waals surface area contributed by atoms with Crippen molar-refractivity contribution in [1.82, 2.24) is 9.80 Å². The van der Waals surface area contributed by atoms with Gasteiger partial charge in [0, 0.05) is 12.8 Å². The first-order chi connectivity index (χ1) is 8.65. The summed E-state index contributed by atoms with van der Waals surface area (Å²) in [6, 6.07) is 0. The Morgan fingerprint density at radius 2 is 1.22 bits per heavy atom. The van der Waals surface area contributed by atoms with Gasteiger partial charge in [-0.05, 0) is 39.0 Å². The van der Waals surface area contributed by atoms with Gasteiger partial charge in [-0.15, -0.1) is 0 Å². The van der Waals surface area contributed by atoms with E-state index in [-0.39, 0.29) is 0 Å². The number of carbonyl (C=O) groups excluding carboxylic acids is 2. The predicted octanol–water partition coefficient (Wildman–Crippen LogP) is 1.34. The molecule has 0 unspecified atom stereocenters. The Kier molecular flexibility index (Phi) is 7.13. The summed E-state index contributed by atoms with van der Waals surface area (Å²) >= 11 is 0. The van der Waals surface area contributed by atoms with Crippen molar-refractivity contribution in [2.75, 3.05) is 39.3 Å². The quantitative estimate of drug-likeness (QED) is 0.745. The molecule has 18 heavy (non-hydrogen) atoms. The van der Waals surface area contributed by atoms with Gasteiger partial charge in [0.15, 0.2) is 0 Å². The van der Waals surface area contributed by atoms with Crippen molar-refractivity contribution >= 4 is 11.6 Å². The second-order valence-corrected chi connectivity index (χ2v) is 5.02. The number of Topliss-reactive ketones (excluding diaryl/α,β-unsaturated/α-hetero) is 2. The zero-order valence-corrected chi connectivity index (χ0v) is 11.8. The third kappa shape index (κ3) is 5.74. The number of piperidine rings is 2. The molecule has 4 heteroatoms. The van der Waals surface area contributed by atoms with Gasteiger partial charge < -0.3 is 0 Å². The van der Waals surface area contributed by atoms with Gasteiger partial charge in [0.2, 0.25) is 0 Å². The van der Waals surface area contributed by atoms with E-state index in [0.717, 1.165) is 51.9 Å². The second-order valence-electron chi connectivity index (χ2n) is 5.02. The minimum atomic E-state index is 0.406. The topological polar surface area (TPSA) is 40.6 Å². The fraction of sp³-hybridized carbons (Fsp3) is 0.857. The Hall–Kier alpha value is -0.740. The van der Waals surface area contributed by atoms with E-state index in [9.17, 15) is 9.59 Å². The van der Waals surface area contributed by atoms with Crippen LogP contribution in [0.5, 0.6) is 0 Å². The van der Waals surface area contributed by atoms with Gasteiger partial charge in [-0.2, -0.15) is 0 Å². The van der Waals surface area contributed by atoms with Crippen LogP contribution in [-0.2, 0) is 9.59 Å². The largest absolute Gasteiger partial charge is 0.298 e. The van der Waals surface area contributed by atoms with Crippen LogP contribution in [0.4, 0.5) is 0 Å². The molecule has 0 amide bonds. The van der Waals surface area contributed by atoms with E-state index in [4.69, 9.17) is 0 Å². The molecule has 2 heterocycles. The molecule has 0 aromatic heterocycles. The third-order valence-electron chi connectivity index (χ3n) is 3.55. The zero-order chi connectivity index (χ0) is 13.4. The Balaban J connectivity index is 0.000000180. The van der Waals surface area contributed by atoms with Crippen molar-refractivity contribution in [2.45, 2.75) is 39.5 Å². The average molecular weight is 254 g/mol. The lowest BCUT2D eigenvalue weighted by Gasteiger charge is -2.23. The standard InChI is InChI=1S/2C7H13NO/c2*1-2-8-5-3-4-7(9)6-8/h2*2-6H2,1H3. The molecule has 0 bridgehead atoms. The van der Waals surface area contributed by atoms with Crippen molar-refractivity contribution in [3.63, 3.8) is 0 Å². The van der Waals surface area contributed by atoms with Gasteiger partial charge in [0.05, 0.1) is 13.1 Å². The molecule has 0 radical (unpaired) electrons. The van der Waals surface area contributed by atoms with Crippen molar-refractivity contribution in [1.29, 1.82) is 0 Å². The molecule has 2 aliphatic heterocycles. The third-order valence-corrected chi connectivity index (χ3v) is 3.55. The second kappa shape index (κ2) is 8.38. The number of likely N-dealkylation sites (tertiary alicyclic amines) is 2. The monoisotopic (exact) mass is 254 g/mol. The first kappa shape index (κ1) is 15.3. The van der Waals surface area contributed by atoms with Gasteiger partial charge in [0.1, 0.15) is 11.6 Å². The van der Waals surface area contributed by atoms with Crippen molar-refractivity contribution in [3.8, 4) is 0 Å². The van der Waals surface area contributed by atoms with Crippen LogP contribution in [0.15, 0.2) is 0 Å². The van der Waals surface area contributed by atoms with Gasteiger partial charge >= 0.3 is 0 Å². The van der Waals surface area contributed by atoms with E-state index in [1.54, 1.807) is 0 Å². The predicted molar refractivity (Wildman–Crippen MR) is 72.7 cm³/mol. The molecule has 2 aliphatic rings. The first-order valence-electron chi connectivity index (χ1n) is 7.13. The molecule has 2 rings (SSSR count). The maximum Gasteiger partial charge on any atom is 0.146 e. The molecule has 2 saturated heterocycles. The van der Waals surface area contributed by atoms with Crippen LogP contribution in [0.2, 0.25) is 0 Å². The van der Waals surface area contributed by atoms with E-state index in [2.05, 4.69) is 23.6 Å². The number of ketones is 2. The number of hydrogen-bond acceptors (Lipinski definition) is 4. The summed E-state index contributed by atoms with van der Waals surface area (Å²) in [5.74, 6) is 0.811. The van der Waals surface area contributed by atoms with Crippen LogP contribution in [0.3, 0.4) is 0 Å². The molecular weight excluding hydrogens is 228 g/mol. The maximum atomic E-state index is 10.8. The highest BCUT2D eigenvalue weighted by molar-refractivity contribution is 5.81. The van der Waals surface area contributed by atoms with Crippen LogP contribution in [0.1, 0.15) is 39.5 Å². The molecule has 0 atom stereocenters. The Bertz CT molecular complexity index is 251. The van der Waals surface area contributed by atoms with E-state index in [1.165, 1.54) is 0 Å². The number of likely N-dealkylation sites (N-methyl/N-ethyl adjacent to an activating group) is 2. The Morgan fingerprint density at radius 3 is 1.44 bits per heavy atom. The van der Waals surface area contributed by atoms with E-state index in [0.29, 0.717) is 24.7 Å². The smallest absolute Gasteiger partial charge is 0.146 e. The lowest BCUT2D eigenvalue weighted by Crippen LogP contribution is -2.35. The fourth-order valence-corrected chi connectivity index (χ4v) is 2.35. The summed E-state index contributed by atoms with van der Waals surface area (Å²) in [5, 5.41) is 0. The normalized spacial score (nSPS) is 22.6. The molecule has 0 saturated carbocycles. The number of hydrogen-bond donors (Lipinski definition) is 0. The molecule has 0 aromatic rings. The highest BCUT2D eigenvalue weighted by Crippen LogP contribution is 2.04. The molecule has 104 valence electrons. The minimum absolute atomic E-state index is 0.406. The van der Waals surface area contributed by atoms with Gasteiger partial charge in [0.25, 0.3) is 0 Å². The summed E-state index contributed by atoms with van der Waals surface area (Å²) in [6.45, 7) is 9.84. The molecular formula is C14H26N2O2. The van der Waals surface area contributed by atoms with Crippen molar-refractivity contribution < 1.29 is 9.59 Å². The van der Waals surface area contributed by atoms with E-state index >= 15 is 0 Å². The van der Waals surface area contributed by atoms with Gasteiger partial charge in [-0.25, -0.2) is 0 Å². The molecule has 4 nitrogen and oxygen atoms in total. The summed E-state index contributed by atoms with van der Waals surface area (Å²) in [5.41, 5.74) is 0. The summed E-state index contributed by atoms with van der Waals surface area (Å²) in [4.78, 5) is 26.0. The highest BCUT2D eigenvalue weighted by atomic mass is 16.1. The summed E-state index contributed by atoms with van der Waals surface area (Å²) in [7, 11) is 0. The van der Waals surface area contributed by atoms with Crippen LogP contribution >= 0.6 is 0 Å². The molecule has 0 aliphatic carbocycles. The first-order valence-corrected chi connectivity index (χ1v) is 7.13. The Labute approximate surface area is 110 Å². The van der Waals surface area contributed by atoms with Gasteiger partial charge in [-0.3, -0.25) is 19.4 Å². The van der Waals surface area contributed by atoms with Crippen molar-refractivity contribution in [3.05, 3.63) is 0 Å². The fourth-order valence-electron chi connectivity index (χ4n) is 2.35. The Morgan fingerprint density at radius 1 is 0.833 bits per heavy atom. The lowest BCUT2D eigenvalue weighted by molar-refractivity contribution is -0.122. The SMILES string of the molecule is CCN1CCCC(=O)C1.CCN1CCCC(=O)C1. The molecule has 2 fully saturated rings. The van der Waals surface area contributed by atoms with Crippen LogP contribution in [0.25, 0.3) is 0 Å². The highest BCUT2D eigenvalue weighted by Gasteiger charge is 2.14. The van der Waals surface area contributed by atoms with E-state index in [1.807, 2.05) is 0 Å². The van der Waals surface area contributed by atoms with Gasteiger partial charge in [-0.1, -0.05) is 13.8 Å². The van der Waals surface area contributed by atoms with Crippen LogP contribution in [-0.4, -0.2) is 60.6 Å². The van der Waals surface area contributed by atoms with Crippen LogP contribution < -0.4 is 0 Å². The maximum absolute atomic E-state index is 10.8. The molecule has 0 spiro atoms. The average Bonchev–Trinajstić information content (AvgIpc) is 2.39. The molecule has 0 N–H and O–H groups in total. The van der Waals surface area contributed by atoms with E-state index < -0.39 is 0 Å². The minimum Gasteiger partial charge on any atom is -0.298 e. The number of rotatable bonds is 2. The van der Waals surface area contributed by atoms with Crippen LogP contribution in [0, 0.1) is 0 Å². The summed E-state index contributed by atoms with van der Waals surface area (Å²) < 4.78 is 0. The van der Waals surface area contributed by atoms with Crippen molar-refractivity contribution in [2.24, 2.45) is 0 Å². The zero-order valence-electron chi connectivity index (χ0n) is 11.8. The molecule has 0 aromatic carbocycles. The summed E-state index contributed by atoms with van der Waals surface area (Å²) in [6.07, 6.45) is 3.73. The number of carbonyl (C=O) groups is 2. The number of nitrogens with zero attached hydrogens (tertiary/aromatic N) is 2. The lowest BCUT2D eigenvalue weighted by atomic mass is 10.1.